The maximum Gasteiger partial charge on any atom is 0.251 e. The molecule has 8 nitrogen and oxygen atoms in total. The smallest absolute Gasteiger partial charge is 0.251 e. The van der Waals surface area contributed by atoms with Crippen molar-refractivity contribution < 1.29 is 14.3 Å². The number of piperidine rings is 2. The Morgan fingerprint density at radius 3 is 2.57 bits per heavy atom. The average molecular weight is 417 g/mol. The lowest BCUT2D eigenvalue weighted by Gasteiger charge is -2.34. The molecule has 30 heavy (non-hydrogen) atoms. The summed E-state index contributed by atoms with van der Waals surface area (Å²) < 4.78 is 4.94. The van der Waals surface area contributed by atoms with E-state index in [9.17, 15) is 14.4 Å². The van der Waals surface area contributed by atoms with Crippen molar-refractivity contribution in [3.05, 3.63) is 27.9 Å². The van der Waals surface area contributed by atoms with Crippen LogP contribution in [0.1, 0.15) is 62.4 Å². The number of aromatic amines is 1. The molecule has 3 aliphatic rings. The van der Waals surface area contributed by atoms with Gasteiger partial charge < -0.3 is 19.5 Å². The molecule has 3 heterocycles. The summed E-state index contributed by atoms with van der Waals surface area (Å²) in [5, 5.41) is 0. The van der Waals surface area contributed by atoms with Gasteiger partial charge in [0.05, 0.1) is 5.69 Å². The molecular formula is C22H32N4O4. The fourth-order valence-corrected chi connectivity index (χ4v) is 4.83. The number of rotatable bonds is 5. The highest BCUT2D eigenvalue weighted by molar-refractivity contribution is 5.81. The van der Waals surface area contributed by atoms with Crippen molar-refractivity contribution in [2.45, 2.75) is 50.9 Å². The van der Waals surface area contributed by atoms with Crippen molar-refractivity contribution in [1.82, 2.24) is 19.8 Å². The molecule has 2 amide bonds. The molecule has 0 bridgehead atoms. The van der Waals surface area contributed by atoms with Gasteiger partial charge in [-0.1, -0.05) is 6.92 Å². The summed E-state index contributed by atoms with van der Waals surface area (Å²) in [6.07, 6.45) is 4.44. The Bertz CT molecular complexity index is 846. The van der Waals surface area contributed by atoms with Gasteiger partial charge in [0.2, 0.25) is 11.8 Å². The van der Waals surface area contributed by atoms with Crippen LogP contribution in [0.25, 0.3) is 0 Å². The van der Waals surface area contributed by atoms with Gasteiger partial charge in [-0.05, 0) is 38.0 Å². The van der Waals surface area contributed by atoms with Crippen LogP contribution in [0.15, 0.2) is 10.9 Å². The number of H-pyrrole nitrogens is 1. The van der Waals surface area contributed by atoms with Crippen LogP contribution in [0.5, 0.6) is 0 Å². The maximum absolute atomic E-state index is 12.7. The van der Waals surface area contributed by atoms with Crippen molar-refractivity contribution in [2.24, 2.45) is 11.8 Å². The summed E-state index contributed by atoms with van der Waals surface area (Å²) in [7, 11) is 1.52. The molecule has 2 saturated heterocycles. The van der Waals surface area contributed by atoms with Crippen LogP contribution in [0.4, 0.5) is 0 Å². The highest BCUT2D eigenvalue weighted by Crippen LogP contribution is 2.40. The maximum atomic E-state index is 12.7. The Morgan fingerprint density at radius 1 is 1.17 bits per heavy atom. The third-order valence-corrected chi connectivity index (χ3v) is 6.86. The summed E-state index contributed by atoms with van der Waals surface area (Å²) in [6, 6.07) is 1.60. The third kappa shape index (κ3) is 4.58. The molecule has 3 fully saturated rings. The van der Waals surface area contributed by atoms with Crippen molar-refractivity contribution in [2.75, 3.05) is 39.9 Å². The zero-order valence-electron chi connectivity index (χ0n) is 17.9. The number of amides is 2. The largest absolute Gasteiger partial charge is 0.375 e. The Labute approximate surface area is 177 Å². The summed E-state index contributed by atoms with van der Waals surface area (Å²) >= 11 is 0. The first-order valence-corrected chi connectivity index (χ1v) is 11.1. The van der Waals surface area contributed by atoms with E-state index in [0.29, 0.717) is 25.6 Å². The molecule has 8 heteroatoms. The Morgan fingerprint density at radius 2 is 1.90 bits per heavy atom. The first-order valence-electron chi connectivity index (χ1n) is 11.1. The van der Waals surface area contributed by atoms with E-state index in [0.717, 1.165) is 50.2 Å². The second-order valence-corrected chi connectivity index (χ2v) is 9.09. The Balaban J connectivity index is 1.43. The lowest BCUT2D eigenvalue weighted by molar-refractivity contribution is -0.136. The first-order chi connectivity index (χ1) is 14.5. The van der Waals surface area contributed by atoms with Crippen LogP contribution in [-0.2, 0) is 14.3 Å². The Kier molecular flexibility index (Phi) is 6.22. The number of carbonyl (C=O) groups is 2. The first kappa shape index (κ1) is 21.0. The van der Waals surface area contributed by atoms with E-state index in [1.165, 1.54) is 7.11 Å². The number of ether oxygens (including phenoxy) is 1. The van der Waals surface area contributed by atoms with Gasteiger partial charge in [0.15, 0.2) is 0 Å². The van der Waals surface area contributed by atoms with Gasteiger partial charge in [0, 0.05) is 57.1 Å². The number of aromatic nitrogens is 2. The number of carbonyl (C=O) groups excluding carboxylic acids is 2. The second-order valence-electron chi connectivity index (χ2n) is 9.09. The van der Waals surface area contributed by atoms with Crippen molar-refractivity contribution in [3.63, 3.8) is 0 Å². The van der Waals surface area contributed by atoms with Crippen LogP contribution in [-0.4, -0.2) is 71.5 Å². The molecule has 3 atom stereocenters. The molecule has 1 aromatic rings. The molecule has 2 aliphatic heterocycles. The SMILES string of the molecule is COCC(=O)N1CCC(c2nc(C3CCCN(C(=O)C4CC4C)C3)cc(=O)[nH]2)CC1. The van der Waals surface area contributed by atoms with Crippen LogP contribution >= 0.6 is 0 Å². The Hall–Kier alpha value is -2.22. The van der Waals surface area contributed by atoms with Gasteiger partial charge in [-0.2, -0.15) is 0 Å². The second kappa shape index (κ2) is 8.88. The molecule has 1 N–H and O–H groups in total. The topological polar surface area (TPSA) is 95.6 Å². The predicted molar refractivity (Wildman–Crippen MR) is 111 cm³/mol. The van der Waals surface area contributed by atoms with Crippen LogP contribution in [0.3, 0.4) is 0 Å². The van der Waals surface area contributed by atoms with Gasteiger partial charge in [-0.25, -0.2) is 4.98 Å². The number of nitrogens with one attached hydrogen (secondary N) is 1. The summed E-state index contributed by atoms with van der Waals surface area (Å²) in [4.78, 5) is 48.6. The van der Waals surface area contributed by atoms with E-state index in [4.69, 9.17) is 9.72 Å². The number of likely N-dealkylation sites (tertiary alicyclic amines) is 2. The minimum Gasteiger partial charge on any atom is -0.375 e. The predicted octanol–water partition coefficient (Wildman–Crippen LogP) is 1.48. The number of hydrogen-bond acceptors (Lipinski definition) is 5. The minimum atomic E-state index is -0.132. The lowest BCUT2D eigenvalue weighted by Crippen LogP contribution is -2.41. The lowest BCUT2D eigenvalue weighted by atomic mass is 9.92. The van der Waals surface area contributed by atoms with Crippen molar-refractivity contribution >= 4 is 11.8 Å². The molecule has 1 aromatic heterocycles. The minimum absolute atomic E-state index is 0.00287. The van der Waals surface area contributed by atoms with E-state index < -0.39 is 0 Å². The molecule has 0 radical (unpaired) electrons. The van der Waals surface area contributed by atoms with E-state index in [1.807, 2.05) is 9.80 Å². The normalized spacial score (nSPS) is 27.2. The molecule has 0 spiro atoms. The summed E-state index contributed by atoms with van der Waals surface area (Å²) in [6.45, 7) is 4.98. The number of methoxy groups -OCH3 is 1. The molecule has 1 saturated carbocycles. The molecule has 4 rings (SSSR count). The third-order valence-electron chi connectivity index (χ3n) is 6.86. The van der Waals surface area contributed by atoms with Crippen LogP contribution < -0.4 is 5.56 Å². The monoisotopic (exact) mass is 416 g/mol. The molecule has 164 valence electrons. The van der Waals surface area contributed by atoms with Crippen molar-refractivity contribution in [3.8, 4) is 0 Å². The average Bonchev–Trinajstić information content (AvgIpc) is 3.49. The molecule has 0 aromatic carbocycles. The van der Waals surface area contributed by atoms with E-state index in [-0.39, 0.29) is 41.7 Å². The number of hydrogen-bond donors (Lipinski definition) is 1. The standard InChI is InChI=1S/C22H32N4O4/c1-14-10-17(14)22(29)26-7-3-4-16(12-26)18-11-19(27)24-21(23-18)15-5-8-25(9-6-15)20(28)13-30-2/h11,14-17H,3-10,12-13H2,1-2H3,(H,23,24,27). The highest BCUT2D eigenvalue weighted by Gasteiger charge is 2.42. The van der Waals surface area contributed by atoms with Gasteiger partial charge in [0.1, 0.15) is 12.4 Å². The zero-order valence-corrected chi connectivity index (χ0v) is 17.9. The van der Waals surface area contributed by atoms with Gasteiger partial charge in [-0.15, -0.1) is 0 Å². The fraction of sp³-hybridized carbons (Fsp3) is 0.727. The van der Waals surface area contributed by atoms with E-state index in [2.05, 4.69) is 11.9 Å². The van der Waals surface area contributed by atoms with Crippen molar-refractivity contribution in [1.29, 1.82) is 0 Å². The van der Waals surface area contributed by atoms with Gasteiger partial charge in [0.25, 0.3) is 5.56 Å². The molecule has 1 aliphatic carbocycles. The fourth-order valence-electron chi connectivity index (χ4n) is 4.83. The van der Waals surface area contributed by atoms with Gasteiger partial charge >= 0.3 is 0 Å². The summed E-state index contributed by atoms with van der Waals surface area (Å²) in [5.41, 5.74) is 0.667. The highest BCUT2D eigenvalue weighted by atomic mass is 16.5. The van der Waals surface area contributed by atoms with Crippen LogP contribution in [0.2, 0.25) is 0 Å². The van der Waals surface area contributed by atoms with E-state index >= 15 is 0 Å². The van der Waals surface area contributed by atoms with Crippen LogP contribution in [0, 0.1) is 11.8 Å². The van der Waals surface area contributed by atoms with E-state index in [1.54, 1.807) is 6.07 Å². The summed E-state index contributed by atoms with van der Waals surface area (Å²) in [5.74, 6) is 1.93. The number of nitrogens with zero attached hydrogens (tertiary/aromatic N) is 3. The zero-order chi connectivity index (χ0) is 21.3. The quantitative estimate of drug-likeness (QED) is 0.785. The van der Waals surface area contributed by atoms with Gasteiger partial charge in [-0.3, -0.25) is 14.4 Å². The molecule has 3 unspecified atom stereocenters. The molecular weight excluding hydrogens is 384 g/mol.